The van der Waals surface area contributed by atoms with Gasteiger partial charge in [0.25, 0.3) is 0 Å². The summed E-state index contributed by atoms with van der Waals surface area (Å²) in [7, 11) is 0. The van der Waals surface area contributed by atoms with Crippen LogP contribution in [0.3, 0.4) is 0 Å². The van der Waals surface area contributed by atoms with Crippen LogP contribution in [0.4, 0.5) is 0 Å². The minimum absolute atomic E-state index is 0.208. The first kappa shape index (κ1) is 14.1. The highest BCUT2D eigenvalue weighted by Gasteiger charge is 2.36. The second-order valence-electron chi connectivity index (χ2n) is 6.38. The van der Waals surface area contributed by atoms with Crippen LogP contribution < -0.4 is 5.32 Å². The molecule has 1 aromatic rings. The Morgan fingerprint density at radius 2 is 2.30 bits per heavy atom. The van der Waals surface area contributed by atoms with Crippen LogP contribution in [0, 0.1) is 5.92 Å². The highest BCUT2D eigenvalue weighted by molar-refractivity contribution is 5.17. The molecule has 2 heterocycles. The third-order valence-electron chi connectivity index (χ3n) is 4.59. The third kappa shape index (κ3) is 3.43. The average Bonchev–Trinajstić information content (AvgIpc) is 2.86. The summed E-state index contributed by atoms with van der Waals surface area (Å²) in [6, 6.07) is 4.81. The van der Waals surface area contributed by atoms with Crippen LogP contribution >= 0.6 is 0 Å². The van der Waals surface area contributed by atoms with Crippen LogP contribution in [0.25, 0.3) is 0 Å². The van der Waals surface area contributed by atoms with Crippen molar-refractivity contribution in [2.75, 3.05) is 26.2 Å². The van der Waals surface area contributed by atoms with Gasteiger partial charge in [-0.3, -0.25) is 4.90 Å². The van der Waals surface area contributed by atoms with Gasteiger partial charge in [0.15, 0.2) is 0 Å². The number of nitrogens with zero attached hydrogens (tertiary/aromatic N) is 1. The molecule has 2 fully saturated rings. The van der Waals surface area contributed by atoms with Crippen LogP contribution in [0.5, 0.6) is 0 Å². The summed E-state index contributed by atoms with van der Waals surface area (Å²) in [6.07, 6.45) is 3.77. The number of aliphatic hydroxyl groups excluding tert-OH is 1. The maximum absolute atomic E-state index is 9.23. The summed E-state index contributed by atoms with van der Waals surface area (Å²) in [6.45, 7) is 6.13. The first-order valence-corrected chi connectivity index (χ1v) is 7.91. The van der Waals surface area contributed by atoms with E-state index in [1.54, 1.807) is 0 Å². The number of hydrogen-bond donors (Lipinski definition) is 2. The van der Waals surface area contributed by atoms with Crippen molar-refractivity contribution in [1.82, 2.24) is 10.2 Å². The maximum atomic E-state index is 9.23. The maximum Gasteiger partial charge on any atom is 0.118 e. The number of furan rings is 1. The zero-order valence-electron chi connectivity index (χ0n) is 12.3. The highest BCUT2D eigenvalue weighted by atomic mass is 16.3. The summed E-state index contributed by atoms with van der Waals surface area (Å²) in [5, 5.41) is 12.8. The van der Waals surface area contributed by atoms with Crippen molar-refractivity contribution in [3.63, 3.8) is 0 Å². The molecule has 2 aliphatic rings. The molecule has 2 N–H and O–H groups in total. The Morgan fingerprint density at radius 1 is 1.45 bits per heavy atom. The predicted molar refractivity (Wildman–Crippen MR) is 78.6 cm³/mol. The molecule has 1 aliphatic carbocycles. The molecule has 0 amide bonds. The fourth-order valence-corrected chi connectivity index (χ4v) is 3.22. The zero-order chi connectivity index (χ0) is 13.9. The number of rotatable bonds is 7. The van der Waals surface area contributed by atoms with Crippen molar-refractivity contribution < 1.29 is 9.52 Å². The number of aliphatic hydroxyl groups is 1. The molecule has 0 aromatic carbocycles. The van der Waals surface area contributed by atoms with E-state index in [2.05, 4.69) is 29.3 Å². The molecule has 112 valence electrons. The lowest BCUT2D eigenvalue weighted by atomic mass is 10.2. The largest absolute Gasteiger partial charge is 0.464 e. The van der Waals surface area contributed by atoms with Crippen molar-refractivity contribution in [3.05, 3.63) is 23.7 Å². The molecule has 1 saturated carbocycles. The summed E-state index contributed by atoms with van der Waals surface area (Å²) in [5.41, 5.74) is 0. The lowest BCUT2D eigenvalue weighted by Crippen LogP contribution is -2.38. The summed E-state index contributed by atoms with van der Waals surface area (Å²) < 4.78 is 5.98. The van der Waals surface area contributed by atoms with E-state index in [1.165, 1.54) is 19.3 Å². The van der Waals surface area contributed by atoms with Crippen LogP contribution in [-0.4, -0.2) is 42.3 Å². The Hall–Kier alpha value is -0.840. The predicted octanol–water partition coefficient (Wildman–Crippen LogP) is 1.95. The van der Waals surface area contributed by atoms with Crippen LogP contribution in [0.15, 0.2) is 16.5 Å². The van der Waals surface area contributed by atoms with E-state index in [4.69, 9.17) is 4.42 Å². The SMILES string of the molecule is CC1CC1c1ccc(CN(CCO)CC2CCCN2)o1. The van der Waals surface area contributed by atoms with E-state index in [9.17, 15) is 5.11 Å². The van der Waals surface area contributed by atoms with Gasteiger partial charge in [0, 0.05) is 25.0 Å². The van der Waals surface area contributed by atoms with Gasteiger partial charge in [-0.25, -0.2) is 0 Å². The number of nitrogens with one attached hydrogen (secondary N) is 1. The summed E-state index contributed by atoms with van der Waals surface area (Å²) >= 11 is 0. The van der Waals surface area contributed by atoms with Gasteiger partial charge in [0.2, 0.25) is 0 Å². The lowest BCUT2D eigenvalue weighted by molar-refractivity contribution is 0.169. The first-order valence-electron chi connectivity index (χ1n) is 7.91. The smallest absolute Gasteiger partial charge is 0.118 e. The van der Waals surface area contributed by atoms with Crippen LogP contribution in [0.2, 0.25) is 0 Å². The van der Waals surface area contributed by atoms with Crippen molar-refractivity contribution >= 4 is 0 Å². The van der Waals surface area contributed by atoms with Gasteiger partial charge < -0.3 is 14.8 Å². The van der Waals surface area contributed by atoms with E-state index in [-0.39, 0.29) is 6.61 Å². The molecule has 1 aromatic heterocycles. The van der Waals surface area contributed by atoms with Gasteiger partial charge in [0.05, 0.1) is 13.2 Å². The molecule has 1 aliphatic heterocycles. The first-order chi connectivity index (χ1) is 9.76. The van der Waals surface area contributed by atoms with E-state index in [0.717, 1.165) is 37.1 Å². The zero-order valence-corrected chi connectivity index (χ0v) is 12.3. The van der Waals surface area contributed by atoms with Gasteiger partial charge >= 0.3 is 0 Å². The normalized spacial score (nSPS) is 29.2. The van der Waals surface area contributed by atoms with Crippen molar-refractivity contribution in [2.45, 2.75) is 44.7 Å². The Kier molecular flexibility index (Phi) is 4.44. The van der Waals surface area contributed by atoms with Crippen molar-refractivity contribution in [2.24, 2.45) is 5.92 Å². The molecule has 0 bridgehead atoms. The topological polar surface area (TPSA) is 48.6 Å². The second-order valence-corrected chi connectivity index (χ2v) is 6.38. The van der Waals surface area contributed by atoms with Crippen LogP contribution in [-0.2, 0) is 6.54 Å². The summed E-state index contributed by atoms with van der Waals surface area (Å²) in [5.74, 6) is 3.61. The quantitative estimate of drug-likeness (QED) is 0.800. The van der Waals surface area contributed by atoms with Gasteiger partial charge in [-0.15, -0.1) is 0 Å². The van der Waals surface area contributed by atoms with Crippen molar-refractivity contribution in [1.29, 1.82) is 0 Å². The minimum atomic E-state index is 0.208. The Labute approximate surface area is 121 Å². The molecule has 0 radical (unpaired) electrons. The molecule has 1 saturated heterocycles. The molecular weight excluding hydrogens is 252 g/mol. The molecule has 3 rings (SSSR count). The third-order valence-corrected chi connectivity index (χ3v) is 4.59. The molecule has 3 atom stereocenters. The second kappa shape index (κ2) is 6.29. The fourth-order valence-electron chi connectivity index (χ4n) is 3.22. The molecule has 4 nitrogen and oxygen atoms in total. The molecule has 4 heteroatoms. The minimum Gasteiger partial charge on any atom is -0.464 e. The standard InChI is InChI=1S/C16H26N2O2/c1-12-9-15(12)16-5-4-14(20-16)11-18(7-8-19)10-13-3-2-6-17-13/h4-5,12-13,15,17,19H,2-3,6-11H2,1H3. The van der Waals surface area contributed by atoms with Gasteiger partial charge in [-0.2, -0.15) is 0 Å². The molecule has 3 unspecified atom stereocenters. The summed E-state index contributed by atoms with van der Waals surface area (Å²) in [4.78, 5) is 2.29. The van der Waals surface area contributed by atoms with E-state index >= 15 is 0 Å². The highest BCUT2D eigenvalue weighted by Crippen LogP contribution is 2.47. The average molecular weight is 278 g/mol. The Balaban J connectivity index is 1.55. The van der Waals surface area contributed by atoms with Crippen molar-refractivity contribution in [3.8, 4) is 0 Å². The van der Waals surface area contributed by atoms with E-state index in [0.29, 0.717) is 18.5 Å². The lowest BCUT2D eigenvalue weighted by Gasteiger charge is -2.23. The number of hydrogen-bond acceptors (Lipinski definition) is 4. The van der Waals surface area contributed by atoms with Crippen LogP contribution in [0.1, 0.15) is 43.6 Å². The fraction of sp³-hybridized carbons (Fsp3) is 0.750. The molecular formula is C16H26N2O2. The Morgan fingerprint density at radius 3 is 2.95 bits per heavy atom. The van der Waals surface area contributed by atoms with Gasteiger partial charge in [-0.1, -0.05) is 6.92 Å². The van der Waals surface area contributed by atoms with E-state index < -0.39 is 0 Å². The molecule has 0 spiro atoms. The molecule has 20 heavy (non-hydrogen) atoms. The monoisotopic (exact) mass is 278 g/mol. The van der Waals surface area contributed by atoms with E-state index in [1.807, 2.05) is 0 Å². The van der Waals surface area contributed by atoms with Gasteiger partial charge in [-0.05, 0) is 43.9 Å². The van der Waals surface area contributed by atoms with Gasteiger partial charge in [0.1, 0.15) is 11.5 Å². The Bertz CT molecular complexity index is 426.